The van der Waals surface area contributed by atoms with Crippen LogP contribution in [0.25, 0.3) is 0 Å². The number of anilines is 2. The third kappa shape index (κ3) is 2.51. The van der Waals surface area contributed by atoms with E-state index < -0.39 is 10.0 Å². The molecule has 0 radical (unpaired) electrons. The quantitative estimate of drug-likeness (QED) is 0.800. The Labute approximate surface area is 110 Å². The molecule has 2 rings (SSSR count). The molecule has 2 aromatic rings. The number of nitrogens with one attached hydrogen (secondary N) is 1. The van der Waals surface area contributed by atoms with Gasteiger partial charge in [0.15, 0.2) is 0 Å². The van der Waals surface area contributed by atoms with Crippen LogP contribution in [0.3, 0.4) is 0 Å². The maximum atomic E-state index is 12.2. The van der Waals surface area contributed by atoms with Crippen molar-refractivity contribution in [3.05, 3.63) is 36.0 Å². The molecule has 0 bridgehead atoms. The smallest absolute Gasteiger partial charge is 0.265 e. The summed E-state index contributed by atoms with van der Waals surface area (Å²) in [5.74, 6) is 0.323. The molecule has 1 aromatic carbocycles. The summed E-state index contributed by atoms with van der Waals surface area (Å²) >= 11 is 0. The van der Waals surface area contributed by atoms with Crippen LogP contribution >= 0.6 is 0 Å². The average molecular weight is 277 g/mol. The summed E-state index contributed by atoms with van der Waals surface area (Å²) in [6.45, 7) is 0. The van der Waals surface area contributed by atoms with E-state index in [0.717, 1.165) is 0 Å². The van der Waals surface area contributed by atoms with Crippen LogP contribution < -0.4 is 10.5 Å². The Morgan fingerprint density at radius 1 is 1.42 bits per heavy atom. The first kappa shape index (κ1) is 12.9. The highest BCUT2D eigenvalue weighted by Crippen LogP contribution is 2.22. The normalized spacial score (nSPS) is 10.9. The summed E-state index contributed by atoms with van der Waals surface area (Å²) in [7, 11) is -2.20. The van der Waals surface area contributed by atoms with Crippen molar-refractivity contribution in [1.29, 1.82) is 5.26 Å². The van der Waals surface area contributed by atoms with Gasteiger partial charge in [0.25, 0.3) is 10.0 Å². The van der Waals surface area contributed by atoms with E-state index >= 15 is 0 Å². The van der Waals surface area contributed by atoms with Crippen LogP contribution in [0, 0.1) is 11.3 Å². The lowest BCUT2D eigenvalue weighted by molar-refractivity contribution is 0.600. The van der Waals surface area contributed by atoms with Crippen LogP contribution in [-0.2, 0) is 17.1 Å². The SMILES string of the molecule is Cn1nccc1NS(=O)(=O)c1ccc(C#N)cc1N. The summed E-state index contributed by atoms with van der Waals surface area (Å²) in [5.41, 5.74) is 5.98. The summed E-state index contributed by atoms with van der Waals surface area (Å²) in [5, 5.41) is 12.6. The zero-order valence-electron chi connectivity index (χ0n) is 10.0. The molecular formula is C11H11N5O2S. The zero-order chi connectivity index (χ0) is 14.0. The molecule has 7 nitrogen and oxygen atoms in total. The second kappa shape index (κ2) is 4.62. The maximum absolute atomic E-state index is 12.2. The van der Waals surface area contributed by atoms with E-state index in [1.54, 1.807) is 7.05 Å². The number of nitriles is 1. The first-order valence-corrected chi connectivity index (χ1v) is 6.73. The Morgan fingerprint density at radius 2 is 2.16 bits per heavy atom. The number of hydrogen-bond donors (Lipinski definition) is 2. The molecule has 1 heterocycles. The standard InChI is InChI=1S/C11H11N5O2S/c1-16-11(4-5-14-16)15-19(17,18)10-3-2-8(7-12)6-9(10)13/h2-6,15H,13H2,1H3. The van der Waals surface area contributed by atoms with Crippen LogP contribution in [0.5, 0.6) is 0 Å². The van der Waals surface area contributed by atoms with E-state index in [1.165, 1.54) is 35.1 Å². The third-order valence-electron chi connectivity index (χ3n) is 2.49. The first-order valence-electron chi connectivity index (χ1n) is 5.24. The van der Waals surface area contributed by atoms with Gasteiger partial charge in [-0.2, -0.15) is 10.4 Å². The number of nitrogens with zero attached hydrogens (tertiary/aromatic N) is 3. The Kier molecular flexibility index (Phi) is 3.14. The Bertz CT molecular complexity index is 758. The number of aromatic nitrogens is 2. The van der Waals surface area contributed by atoms with Gasteiger partial charge < -0.3 is 5.73 Å². The van der Waals surface area contributed by atoms with Gasteiger partial charge in [-0.1, -0.05) is 0 Å². The lowest BCUT2D eigenvalue weighted by Gasteiger charge is -2.10. The van der Waals surface area contributed by atoms with Crippen molar-refractivity contribution in [2.45, 2.75) is 4.90 Å². The molecule has 0 fully saturated rings. The topological polar surface area (TPSA) is 114 Å². The number of hydrogen-bond acceptors (Lipinski definition) is 5. The van der Waals surface area contributed by atoms with Crippen LogP contribution in [0.4, 0.5) is 11.5 Å². The number of rotatable bonds is 3. The van der Waals surface area contributed by atoms with E-state index in [1.807, 2.05) is 6.07 Å². The van der Waals surface area contributed by atoms with Gasteiger partial charge in [0.05, 0.1) is 23.5 Å². The summed E-state index contributed by atoms with van der Waals surface area (Å²) in [4.78, 5) is -0.0762. The number of benzene rings is 1. The lowest BCUT2D eigenvalue weighted by atomic mass is 10.2. The second-order valence-electron chi connectivity index (χ2n) is 3.81. The largest absolute Gasteiger partial charge is 0.398 e. The maximum Gasteiger partial charge on any atom is 0.265 e. The van der Waals surface area contributed by atoms with Gasteiger partial charge in [-0.15, -0.1) is 0 Å². The van der Waals surface area contributed by atoms with Gasteiger partial charge >= 0.3 is 0 Å². The molecule has 0 aliphatic rings. The number of nitrogens with two attached hydrogens (primary N) is 1. The molecule has 19 heavy (non-hydrogen) atoms. The van der Waals surface area contributed by atoms with E-state index in [4.69, 9.17) is 11.0 Å². The number of aryl methyl sites for hydroxylation is 1. The van der Waals surface area contributed by atoms with Crippen molar-refractivity contribution in [2.75, 3.05) is 10.5 Å². The molecular weight excluding hydrogens is 266 g/mol. The van der Waals surface area contributed by atoms with Crippen LogP contribution in [-0.4, -0.2) is 18.2 Å². The molecule has 0 saturated carbocycles. The van der Waals surface area contributed by atoms with Crippen molar-refractivity contribution in [1.82, 2.24) is 9.78 Å². The van der Waals surface area contributed by atoms with Gasteiger partial charge in [0.1, 0.15) is 10.7 Å². The van der Waals surface area contributed by atoms with Crippen LogP contribution in [0.2, 0.25) is 0 Å². The van der Waals surface area contributed by atoms with Gasteiger partial charge in [0.2, 0.25) is 0 Å². The Hall–Kier alpha value is -2.53. The summed E-state index contributed by atoms with van der Waals surface area (Å²) in [6, 6.07) is 7.43. The highest BCUT2D eigenvalue weighted by atomic mass is 32.2. The summed E-state index contributed by atoms with van der Waals surface area (Å²) < 4.78 is 28.1. The fourth-order valence-electron chi connectivity index (χ4n) is 1.53. The molecule has 0 spiro atoms. The first-order chi connectivity index (χ1) is 8.94. The fraction of sp³-hybridized carbons (Fsp3) is 0.0909. The highest BCUT2D eigenvalue weighted by molar-refractivity contribution is 7.92. The minimum Gasteiger partial charge on any atom is -0.398 e. The molecule has 0 atom stereocenters. The van der Waals surface area contributed by atoms with Crippen LogP contribution in [0.15, 0.2) is 35.4 Å². The van der Waals surface area contributed by atoms with E-state index in [9.17, 15) is 8.42 Å². The van der Waals surface area contributed by atoms with Crippen LogP contribution in [0.1, 0.15) is 5.56 Å². The number of sulfonamides is 1. The Balaban J connectivity index is 2.41. The molecule has 0 aliphatic heterocycles. The zero-order valence-corrected chi connectivity index (χ0v) is 10.8. The number of nitrogen functional groups attached to an aromatic ring is 1. The molecule has 0 amide bonds. The van der Waals surface area contributed by atoms with Gasteiger partial charge in [-0.05, 0) is 18.2 Å². The second-order valence-corrected chi connectivity index (χ2v) is 5.46. The lowest BCUT2D eigenvalue weighted by Crippen LogP contribution is -2.17. The van der Waals surface area contributed by atoms with Crippen molar-refractivity contribution in [3.8, 4) is 6.07 Å². The fourth-order valence-corrected chi connectivity index (χ4v) is 2.73. The monoisotopic (exact) mass is 277 g/mol. The molecule has 3 N–H and O–H groups in total. The van der Waals surface area contributed by atoms with Gasteiger partial charge in [-0.25, -0.2) is 8.42 Å². The van der Waals surface area contributed by atoms with E-state index in [2.05, 4.69) is 9.82 Å². The predicted molar refractivity (Wildman–Crippen MR) is 69.6 cm³/mol. The third-order valence-corrected chi connectivity index (χ3v) is 3.92. The molecule has 1 aromatic heterocycles. The van der Waals surface area contributed by atoms with Crippen molar-refractivity contribution in [3.63, 3.8) is 0 Å². The van der Waals surface area contributed by atoms with Crippen molar-refractivity contribution >= 4 is 21.5 Å². The molecule has 0 saturated heterocycles. The molecule has 0 aliphatic carbocycles. The van der Waals surface area contributed by atoms with Crippen molar-refractivity contribution < 1.29 is 8.42 Å². The van der Waals surface area contributed by atoms with E-state index in [0.29, 0.717) is 11.4 Å². The Morgan fingerprint density at radius 3 is 2.68 bits per heavy atom. The molecule has 8 heteroatoms. The van der Waals surface area contributed by atoms with Gasteiger partial charge in [0, 0.05) is 13.1 Å². The van der Waals surface area contributed by atoms with Crippen molar-refractivity contribution in [2.24, 2.45) is 7.05 Å². The van der Waals surface area contributed by atoms with Gasteiger partial charge in [-0.3, -0.25) is 9.40 Å². The molecule has 0 unspecified atom stereocenters. The minimum absolute atomic E-state index is 0.0220. The van der Waals surface area contributed by atoms with E-state index in [-0.39, 0.29) is 10.6 Å². The molecule has 98 valence electrons. The highest BCUT2D eigenvalue weighted by Gasteiger charge is 2.19. The minimum atomic E-state index is -3.81. The average Bonchev–Trinajstić information content (AvgIpc) is 2.73. The predicted octanol–water partition coefficient (Wildman–Crippen LogP) is 0.675. The summed E-state index contributed by atoms with van der Waals surface area (Å²) in [6.07, 6.45) is 1.47.